The fraction of sp³-hybridized carbons (Fsp3) is 0.615. The molecule has 2 aromatic heterocycles. The molecule has 0 aliphatic rings. The summed E-state index contributed by atoms with van der Waals surface area (Å²) < 4.78 is 1.98. The molecular formula is C13H21ClN6. The Balaban J connectivity index is 2.28. The zero-order valence-corrected chi connectivity index (χ0v) is 12.9. The number of aryl methyl sites for hydroxylation is 2. The van der Waals surface area contributed by atoms with E-state index < -0.39 is 0 Å². The molecule has 2 rings (SSSR count). The van der Waals surface area contributed by atoms with Crippen LogP contribution in [-0.2, 0) is 19.4 Å². The van der Waals surface area contributed by atoms with Gasteiger partial charge in [-0.25, -0.2) is 0 Å². The summed E-state index contributed by atoms with van der Waals surface area (Å²) in [4.78, 5) is 0. The van der Waals surface area contributed by atoms with Crippen LogP contribution in [0.2, 0.25) is 5.02 Å². The van der Waals surface area contributed by atoms with Gasteiger partial charge in [-0.1, -0.05) is 25.4 Å². The first-order valence-corrected chi connectivity index (χ1v) is 7.42. The van der Waals surface area contributed by atoms with Crippen molar-refractivity contribution in [3.05, 3.63) is 28.3 Å². The molecule has 0 saturated carbocycles. The van der Waals surface area contributed by atoms with Crippen LogP contribution < -0.4 is 5.32 Å². The smallest absolute Gasteiger partial charge is 0.0997 e. The highest BCUT2D eigenvalue weighted by molar-refractivity contribution is 6.31. The van der Waals surface area contributed by atoms with Gasteiger partial charge in [0, 0.05) is 13.0 Å². The van der Waals surface area contributed by atoms with Crippen molar-refractivity contribution in [2.24, 2.45) is 0 Å². The molecule has 1 unspecified atom stereocenters. The van der Waals surface area contributed by atoms with Gasteiger partial charge < -0.3 is 5.32 Å². The van der Waals surface area contributed by atoms with Crippen molar-refractivity contribution in [3.8, 4) is 0 Å². The zero-order chi connectivity index (χ0) is 14.5. The van der Waals surface area contributed by atoms with Crippen LogP contribution in [0.1, 0.15) is 43.9 Å². The number of aromatic nitrogens is 5. The number of rotatable bonds is 7. The van der Waals surface area contributed by atoms with Crippen molar-refractivity contribution >= 4 is 11.6 Å². The molecule has 0 radical (unpaired) electrons. The van der Waals surface area contributed by atoms with Crippen LogP contribution in [0.3, 0.4) is 0 Å². The Bertz CT molecular complexity index is 533. The first-order valence-electron chi connectivity index (χ1n) is 7.04. The van der Waals surface area contributed by atoms with Crippen LogP contribution in [0.4, 0.5) is 0 Å². The summed E-state index contributed by atoms with van der Waals surface area (Å²) in [5.74, 6) is 0. The van der Waals surface area contributed by atoms with Gasteiger partial charge in [-0.2, -0.15) is 20.5 Å². The van der Waals surface area contributed by atoms with Gasteiger partial charge in [0.25, 0.3) is 0 Å². The first kappa shape index (κ1) is 15.0. The average molecular weight is 297 g/mol. The van der Waals surface area contributed by atoms with Crippen LogP contribution in [0.5, 0.6) is 0 Å². The van der Waals surface area contributed by atoms with E-state index in [4.69, 9.17) is 11.6 Å². The molecule has 0 fully saturated rings. The summed E-state index contributed by atoms with van der Waals surface area (Å²) in [6.45, 7) is 7.88. The number of nitrogens with zero attached hydrogens (tertiary/aromatic N) is 4. The van der Waals surface area contributed by atoms with Gasteiger partial charge in [-0.05, 0) is 19.9 Å². The maximum atomic E-state index is 6.46. The van der Waals surface area contributed by atoms with E-state index in [-0.39, 0.29) is 6.04 Å². The number of halogens is 1. The Labute approximate surface area is 123 Å². The van der Waals surface area contributed by atoms with E-state index in [9.17, 15) is 0 Å². The van der Waals surface area contributed by atoms with E-state index in [1.54, 1.807) is 6.20 Å². The maximum absolute atomic E-state index is 6.46. The maximum Gasteiger partial charge on any atom is 0.0997 e. The first-order chi connectivity index (χ1) is 9.71. The minimum Gasteiger partial charge on any atom is -0.308 e. The molecule has 7 heteroatoms. The fourth-order valence-corrected chi connectivity index (χ4v) is 2.66. The highest BCUT2D eigenvalue weighted by Gasteiger charge is 2.21. The topological polar surface area (TPSA) is 71.4 Å². The van der Waals surface area contributed by atoms with Crippen LogP contribution >= 0.6 is 11.6 Å². The Morgan fingerprint density at radius 1 is 1.40 bits per heavy atom. The quantitative estimate of drug-likeness (QED) is 0.821. The summed E-state index contributed by atoms with van der Waals surface area (Å²) in [5, 5.41) is 19.5. The molecule has 0 amide bonds. The van der Waals surface area contributed by atoms with E-state index in [0.29, 0.717) is 0 Å². The van der Waals surface area contributed by atoms with Gasteiger partial charge in [0.2, 0.25) is 0 Å². The Hall–Kier alpha value is -1.40. The largest absolute Gasteiger partial charge is 0.308 e. The minimum absolute atomic E-state index is 0.0861. The lowest BCUT2D eigenvalue weighted by Gasteiger charge is -2.16. The fourth-order valence-electron chi connectivity index (χ4n) is 2.31. The van der Waals surface area contributed by atoms with Gasteiger partial charge in [-0.15, -0.1) is 0 Å². The van der Waals surface area contributed by atoms with E-state index in [1.807, 2.05) is 4.68 Å². The third-order valence-corrected chi connectivity index (χ3v) is 3.77. The van der Waals surface area contributed by atoms with Crippen LogP contribution in [0.25, 0.3) is 0 Å². The van der Waals surface area contributed by atoms with Gasteiger partial charge in [0.1, 0.15) is 0 Å². The van der Waals surface area contributed by atoms with E-state index in [0.717, 1.165) is 48.0 Å². The molecule has 0 spiro atoms. The molecule has 2 aromatic rings. The number of hydrogen-bond donors (Lipinski definition) is 2. The van der Waals surface area contributed by atoms with Crippen molar-refractivity contribution in [2.75, 3.05) is 6.54 Å². The van der Waals surface area contributed by atoms with Gasteiger partial charge >= 0.3 is 0 Å². The predicted molar refractivity (Wildman–Crippen MR) is 78.8 cm³/mol. The predicted octanol–water partition coefficient (Wildman–Crippen LogP) is 2.13. The molecule has 2 N–H and O–H groups in total. The van der Waals surface area contributed by atoms with Gasteiger partial charge in [0.05, 0.1) is 34.3 Å². The Morgan fingerprint density at radius 3 is 2.75 bits per heavy atom. The summed E-state index contributed by atoms with van der Waals surface area (Å²) in [6.07, 6.45) is 3.34. The van der Waals surface area contributed by atoms with Crippen molar-refractivity contribution < 1.29 is 0 Å². The van der Waals surface area contributed by atoms with E-state index >= 15 is 0 Å². The highest BCUT2D eigenvalue weighted by Crippen LogP contribution is 2.26. The lowest BCUT2D eigenvalue weighted by Crippen LogP contribution is -2.24. The molecular weight excluding hydrogens is 276 g/mol. The van der Waals surface area contributed by atoms with Crippen LogP contribution in [0.15, 0.2) is 6.20 Å². The summed E-state index contributed by atoms with van der Waals surface area (Å²) in [7, 11) is 0. The molecule has 0 aliphatic carbocycles. The molecule has 0 aliphatic heterocycles. The highest BCUT2D eigenvalue weighted by atomic mass is 35.5. The normalized spacial score (nSPS) is 12.8. The summed E-state index contributed by atoms with van der Waals surface area (Å²) in [5.41, 5.74) is 2.91. The van der Waals surface area contributed by atoms with Crippen molar-refractivity contribution in [3.63, 3.8) is 0 Å². The lowest BCUT2D eigenvalue weighted by molar-refractivity contribution is 0.505. The number of H-pyrrole nitrogens is 1. The minimum atomic E-state index is 0.0861. The van der Waals surface area contributed by atoms with Crippen LogP contribution in [-0.4, -0.2) is 31.7 Å². The van der Waals surface area contributed by atoms with Gasteiger partial charge in [-0.3, -0.25) is 4.68 Å². The molecule has 0 saturated heterocycles. The third kappa shape index (κ3) is 3.02. The molecule has 6 nitrogen and oxygen atoms in total. The SMILES string of the molecule is CCNC(Cc1c(Cl)c(CC)nn1CC)c1cn[nH]n1. The van der Waals surface area contributed by atoms with Crippen LogP contribution in [0, 0.1) is 0 Å². The monoisotopic (exact) mass is 296 g/mol. The van der Waals surface area contributed by atoms with Crippen molar-refractivity contribution in [1.82, 2.24) is 30.5 Å². The number of aromatic amines is 1. The third-order valence-electron chi connectivity index (χ3n) is 3.33. The molecule has 2 heterocycles. The summed E-state index contributed by atoms with van der Waals surface area (Å²) in [6, 6.07) is 0.0861. The summed E-state index contributed by atoms with van der Waals surface area (Å²) >= 11 is 6.46. The lowest BCUT2D eigenvalue weighted by atomic mass is 10.1. The van der Waals surface area contributed by atoms with Crippen molar-refractivity contribution in [1.29, 1.82) is 0 Å². The second-order valence-corrected chi connectivity index (χ2v) is 4.96. The number of nitrogens with one attached hydrogen (secondary N) is 2. The molecule has 0 bridgehead atoms. The Kier molecular flexibility index (Phi) is 5.14. The second-order valence-electron chi connectivity index (χ2n) is 4.59. The molecule has 0 aromatic carbocycles. The molecule has 110 valence electrons. The standard InChI is InChI=1S/C13H21ClN6/c1-4-9-13(14)12(20(6-3)18-9)7-10(15-5-2)11-8-16-19-17-11/h8,10,15H,4-7H2,1-3H3,(H,16,17,19). The van der Waals surface area contributed by atoms with E-state index in [1.165, 1.54) is 0 Å². The van der Waals surface area contributed by atoms with Gasteiger partial charge in [0.15, 0.2) is 0 Å². The molecule has 1 atom stereocenters. The number of likely N-dealkylation sites (N-methyl/N-ethyl adjacent to an activating group) is 1. The van der Waals surface area contributed by atoms with Crippen molar-refractivity contribution in [2.45, 2.75) is 46.2 Å². The Morgan fingerprint density at radius 2 is 2.20 bits per heavy atom. The number of hydrogen-bond acceptors (Lipinski definition) is 4. The zero-order valence-electron chi connectivity index (χ0n) is 12.1. The second kappa shape index (κ2) is 6.85. The molecule has 20 heavy (non-hydrogen) atoms. The average Bonchev–Trinajstić information content (AvgIpc) is 3.07. The van der Waals surface area contributed by atoms with E-state index in [2.05, 4.69) is 46.6 Å².